The molecule has 1 fully saturated rings. The van der Waals surface area contributed by atoms with E-state index in [0.29, 0.717) is 5.54 Å². The van der Waals surface area contributed by atoms with Crippen molar-refractivity contribution in [2.45, 2.75) is 59.9 Å². The Morgan fingerprint density at radius 1 is 1.23 bits per heavy atom. The molecule has 0 radical (unpaired) electrons. The van der Waals surface area contributed by atoms with Crippen molar-refractivity contribution >= 4 is 0 Å². The summed E-state index contributed by atoms with van der Waals surface area (Å²) in [5.74, 6) is 0.812. The Morgan fingerprint density at radius 2 is 1.77 bits per heavy atom. The van der Waals surface area contributed by atoms with Crippen LogP contribution in [0.4, 0.5) is 0 Å². The molecule has 80 valence electrons. The van der Waals surface area contributed by atoms with Crippen LogP contribution in [0, 0.1) is 5.92 Å². The fraction of sp³-hybridized carbons (Fsp3) is 1.00. The molecule has 0 bridgehead atoms. The minimum atomic E-state index is 0.476. The maximum atomic E-state index is 2.62. The van der Waals surface area contributed by atoms with Crippen molar-refractivity contribution in [2.24, 2.45) is 5.92 Å². The summed E-state index contributed by atoms with van der Waals surface area (Å²) < 4.78 is 0. The summed E-state index contributed by atoms with van der Waals surface area (Å²) in [5, 5.41) is 0. The molecule has 1 heteroatoms. The Bertz CT molecular complexity index is 127. The van der Waals surface area contributed by atoms with Gasteiger partial charge in [0.1, 0.15) is 0 Å². The SMILES string of the molecule is CC.CC(C)CN1CCCC1(C)C. The third kappa shape index (κ3) is 4.12. The van der Waals surface area contributed by atoms with Gasteiger partial charge in [-0.3, -0.25) is 4.90 Å². The summed E-state index contributed by atoms with van der Waals surface area (Å²) >= 11 is 0. The second-order valence-electron chi connectivity index (χ2n) is 4.76. The Balaban J connectivity index is 0.000000671. The monoisotopic (exact) mass is 185 g/mol. The Kier molecular flexibility index (Phi) is 5.62. The largest absolute Gasteiger partial charge is 0.298 e. The zero-order valence-corrected chi connectivity index (χ0v) is 10.4. The van der Waals surface area contributed by atoms with E-state index in [2.05, 4.69) is 32.6 Å². The molecule has 13 heavy (non-hydrogen) atoms. The zero-order valence-electron chi connectivity index (χ0n) is 10.4. The van der Waals surface area contributed by atoms with Crippen molar-refractivity contribution in [1.82, 2.24) is 4.90 Å². The lowest BCUT2D eigenvalue weighted by atomic mass is 10.0. The van der Waals surface area contributed by atoms with E-state index in [1.165, 1.54) is 25.9 Å². The molecule has 0 amide bonds. The molecule has 1 heterocycles. The van der Waals surface area contributed by atoms with Gasteiger partial charge in [-0.25, -0.2) is 0 Å². The van der Waals surface area contributed by atoms with E-state index in [-0.39, 0.29) is 0 Å². The van der Waals surface area contributed by atoms with Crippen LogP contribution in [0.15, 0.2) is 0 Å². The van der Waals surface area contributed by atoms with Crippen LogP contribution in [-0.2, 0) is 0 Å². The van der Waals surface area contributed by atoms with E-state index in [0.717, 1.165) is 5.92 Å². The first-order valence-corrected chi connectivity index (χ1v) is 5.77. The normalized spacial score (nSPS) is 21.5. The predicted octanol–water partition coefficient (Wildman–Crippen LogP) is 3.54. The number of hydrogen-bond donors (Lipinski definition) is 0. The van der Waals surface area contributed by atoms with Gasteiger partial charge in [0.15, 0.2) is 0 Å². The van der Waals surface area contributed by atoms with Crippen molar-refractivity contribution in [3.63, 3.8) is 0 Å². The van der Waals surface area contributed by atoms with Gasteiger partial charge in [0.05, 0.1) is 0 Å². The van der Waals surface area contributed by atoms with E-state index < -0.39 is 0 Å². The summed E-state index contributed by atoms with van der Waals surface area (Å²) in [4.78, 5) is 2.62. The topological polar surface area (TPSA) is 3.24 Å². The molecule has 0 aromatic rings. The molecular formula is C12H27N. The highest BCUT2D eigenvalue weighted by Crippen LogP contribution is 2.28. The molecule has 1 nitrogen and oxygen atoms in total. The van der Waals surface area contributed by atoms with Crippen LogP contribution in [0.2, 0.25) is 0 Å². The quantitative estimate of drug-likeness (QED) is 0.636. The standard InChI is InChI=1S/C10H21N.C2H6/c1-9(2)8-11-7-5-6-10(11,3)4;1-2/h9H,5-8H2,1-4H3;1-2H3. The van der Waals surface area contributed by atoms with Gasteiger partial charge in [-0.15, -0.1) is 0 Å². The van der Waals surface area contributed by atoms with Crippen molar-refractivity contribution in [2.75, 3.05) is 13.1 Å². The highest BCUT2D eigenvalue weighted by Gasteiger charge is 2.31. The van der Waals surface area contributed by atoms with Crippen LogP contribution in [-0.4, -0.2) is 23.5 Å². The number of rotatable bonds is 2. The van der Waals surface area contributed by atoms with Crippen LogP contribution in [0.1, 0.15) is 54.4 Å². The van der Waals surface area contributed by atoms with Gasteiger partial charge in [0.2, 0.25) is 0 Å². The van der Waals surface area contributed by atoms with Crippen molar-refractivity contribution in [1.29, 1.82) is 0 Å². The number of nitrogens with zero attached hydrogens (tertiary/aromatic N) is 1. The average molecular weight is 185 g/mol. The van der Waals surface area contributed by atoms with Crippen molar-refractivity contribution in [3.8, 4) is 0 Å². The first-order valence-electron chi connectivity index (χ1n) is 5.77. The summed E-state index contributed by atoms with van der Waals surface area (Å²) in [6, 6.07) is 0. The molecule has 1 rings (SSSR count). The molecule has 0 atom stereocenters. The number of hydrogen-bond acceptors (Lipinski definition) is 1. The molecule has 0 aromatic heterocycles. The Labute approximate surface area is 84.5 Å². The highest BCUT2D eigenvalue weighted by atomic mass is 15.2. The first kappa shape index (κ1) is 13.0. The van der Waals surface area contributed by atoms with Crippen LogP contribution in [0.3, 0.4) is 0 Å². The van der Waals surface area contributed by atoms with Crippen LogP contribution < -0.4 is 0 Å². The van der Waals surface area contributed by atoms with Crippen molar-refractivity contribution in [3.05, 3.63) is 0 Å². The van der Waals surface area contributed by atoms with Gasteiger partial charge >= 0.3 is 0 Å². The Morgan fingerprint density at radius 3 is 2.08 bits per heavy atom. The third-order valence-electron chi connectivity index (χ3n) is 2.66. The maximum absolute atomic E-state index is 2.62. The first-order chi connectivity index (χ1) is 6.02. The van der Waals surface area contributed by atoms with Gasteiger partial charge in [-0.1, -0.05) is 27.7 Å². The van der Waals surface area contributed by atoms with Gasteiger partial charge < -0.3 is 0 Å². The molecule has 0 aromatic carbocycles. The molecule has 0 spiro atoms. The maximum Gasteiger partial charge on any atom is 0.0153 e. The van der Waals surface area contributed by atoms with Gasteiger partial charge in [-0.05, 0) is 39.2 Å². The zero-order chi connectivity index (χ0) is 10.5. The second-order valence-corrected chi connectivity index (χ2v) is 4.76. The second kappa shape index (κ2) is 5.64. The summed E-state index contributed by atoms with van der Waals surface area (Å²) in [6.07, 6.45) is 2.76. The fourth-order valence-electron chi connectivity index (χ4n) is 1.94. The van der Waals surface area contributed by atoms with E-state index in [4.69, 9.17) is 0 Å². The summed E-state index contributed by atoms with van der Waals surface area (Å²) in [7, 11) is 0. The molecule has 0 N–H and O–H groups in total. The van der Waals surface area contributed by atoms with Crippen LogP contribution in [0.5, 0.6) is 0 Å². The fourth-order valence-corrected chi connectivity index (χ4v) is 1.94. The van der Waals surface area contributed by atoms with E-state index >= 15 is 0 Å². The van der Waals surface area contributed by atoms with E-state index in [9.17, 15) is 0 Å². The molecule has 0 aliphatic carbocycles. The molecule has 1 aliphatic heterocycles. The van der Waals surface area contributed by atoms with Crippen LogP contribution >= 0.6 is 0 Å². The molecular weight excluding hydrogens is 158 g/mol. The predicted molar refractivity (Wildman–Crippen MR) is 61.1 cm³/mol. The molecule has 0 unspecified atom stereocenters. The third-order valence-corrected chi connectivity index (χ3v) is 2.66. The number of likely N-dealkylation sites (tertiary alicyclic amines) is 1. The van der Waals surface area contributed by atoms with Crippen molar-refractivity contribution < 1.29 is 0 Å². The molecule has 1 saturated heterocycles. The average Bonchev–Trinajstić information content (AvgIpc) is 2.34. The summed E-state index contributed by atoms with van der Waals surface area (Å²) in [5.41, 5.74) is 0.476. The van der Waals surface area contributed by atoms with E-state index in [1.807, 2.05) is 13.8 Å². The molecule has 1 aliphatic rings. The lowest BCUT2D eigenvalue weighted by molar-refractivity contribution is 0.156. The lowest BCUT2D eigenvalue weighted by Gasteiger charge is -2.32. The van der Waals surface area contributed by atoms with Crippen LogP contribution in [0.25, 0.3) is 0 Å². The minimum absolute atomic E-state index is 0.476. The smallest absolute Gasteiger partial charge is 0.0153 e. The molecule has 0 saturated carbocycles. The minimum Gasteiger partial charge on any atom is -0.298 e. The lowest BCUT2D eigenvalue weighted by Crippen LogP contribution is -2.40. The summed E-state index contributed by atoms with van der Waals surface area (Å²) in [6.45, 7) is 15.9. The van der Waals surface area contributed by atoms with Gasteiger partial charge in [0, 0.05) is 12.1 Å². The highest BCUT2D eigenvalue weighted by molar-refractivity contribution is 4.87. The van der Waals surface area contributed by atoms with E-state index in [1.54, 1.807) is 0 Å². The van der Waals surface area contributed by atoms with Gasteiger partial charge in [0.25, 0.3) is 0 Å². The Hall–Kier alpha value is -0.0400. The van der Waals surface area contributed by atoms with Gasteiger partial charge in [-0.2, -0.15) is 0 Å².